The first-order valence-corrected chi connectivity index (χ1v) is 7.55. The number of rotatable bonds is 5. The van der Waals surface area contributed by atoms with Crippen LogP contribution in [0.4, 0.5) is 5.69 Å². The van der Waals surface area contributed by atoms with Gasteiger partial charge in [-0.15, -0.1) is 0 Å². The molecule has 4 nitrogen and oxygen atoms in total. The lowest BCUT2D eigenvalue weighted by Crippen LogP contribution is -2.14. The fraction of sp³-hybridized carbons (Fsp3) is 0.222. The van der Waals surface area contributed by atoms with Gasteiger partial charge in [-0.1, -0.05) is 31.2 Å². The van der Waals surface area contributed by atoms with Gasteiger partial charge in [0.25, 0.3) is 0 Å². The molecular formula is C18H19N3O. The van der Waals surface area contributed by atoms with E-state index in [1.54, 1.807) is 6.33 Å². The van der Waals surface area contributed by atoms with Crippen LogP contribution in [0.3, 0.4) is 0 Å². The Hall–Kier alpha value is -2.62. The Kier molecular flexibility index (Phi) is 4.19. The number of nitrogens with zero attached hydrogens (tertiary/aromatic N) is 2. The van der Waals surface area contributed by atoms with Gasteiger partial charge in [0.15, 0.2) is 0 Å². The summed E-state index contributed by atoms with van der Waals surface area (Å²) in [6.45, 7) is 2.74. The number of aryl methyl sites for hydroxylation is 2. The van der Waals surface area contributed by atoms with Crippen molar-refractivity contribution in [1.29, 1.82) is 0 Å². The molecule has 0 aliphatic heterocycles. The summed E-state index contributed by atoms with van der Waals surface area (Å²) in [7, 11) is 0. The largest absolute Gasteiger partial charge is 0.330 e. The van der Waals surface area contributed by atoms with E-state index >= 15 is 0 Å². The van der Waals surface area contributed by atoms with Crippen molar-refractivity contribution in [3.05, 3.63) is 60.4 Å². The minimum absolute atomic E-state index is 0.0158. The van der Waals surface area contributed by atoms with Crippen LogP contribution in [0.2, 0.25) is 0 Å². The topological polar surface area (TPSA) is 46.9 Å². The zero-order valence-electron chi connectivity index (χ0n) is 12.6. The van der Waals surface area contributed by atoms with E-state index in [2.05, 4.69) is 17.2 Å². The number of nitrogens with one attached hydrogen (secondary N) is 1. The highest BCUT2D eigenvalue weighted by atomic mass is 16.1. The molecule has 0 fully saturated rings. The summed E-state index contributed by atoms with van der Waals surface area (Å²) in [5.41, 5.74) is 4.13. The Bertz CT molecular complexity index is 774. The lowest BCUT2D eigenvalue weighted by atomic mass is 10.1. The highest BCUT2D eigenvalue weighted by Gasteiger charge is 2.05. The maximum Gasteiger partial charge on any atom is 0.226 e. The molecule has 112 valence electrons. The minimum atomic E-state index is 0.0158. The van der Waals surface area contributed by atoms with Crippen molar-refractivity contribution >= 4 is 22.6 Å². The van der Waals surface area contributed by atoms with Gasteiger partial charge in [-0.3, -0.25) is 4.79 Å². The summed E-state index contributed by atoms with van der Waals surface area (Å²) in [4.78, 5) is 16.4. The third-order valence-electron chi connectivity index (χ3n) is 3.75. The van der Waals surface area contributed by atoms with Crippen LogP contribution in [0, 0.1) is 0 Å². The Morgan fingerprint density at radius 2 is 1.91 bits per heavy atom. The summed E-state index contributed by atoms with van der Waals surface area (Å²) < 4.78 is 2.01. The lowest BCUT2D eigenvalue weighted by Gasteiger charge is -2.07. The zero-order chi connectivity index (χ0) is 15.4. The van der Waals surface area contributed by atoms with E-state index in [4.69, 9.17) is 0 Å². The second-order valence-electron chi connectivity index (χ2n) is 5.28. The van der Waals surface area contributed by atoms with Gasteiger partial charge in [-0.2, -0.15) is 0 Å². The van der Waals surface area contributed by atoms with Gasteiger partial charge in [0.05, 0.1) is 17.4 Å². The maximum absolute atomic E-state index is 12.1. The van der Waals surface area contributed by atoms with Crippen molar-refractivity contribution in [3.63, 3.8) is 0 Å². The predicted octanol–water partition coefficient (Wildman–Crippen LogP) is 3.63. The summed E-state index contributed by atoms with van der Waals surface area (Å²) in [5, 5.41) is 2.93. The first-order chi connectivity index (χ1) is 10.8. The number of carbonyl (C=O) groups excluding carboxylic acids is 1. The van der Waals surface area contributed by atoms with Crippen LogP contribution >= 0.6 is 0 Å². The van der Waals surface area contributed by atoms with E-state index in [0.717, 1.165) is 23.1 Å². The molecule has 0 saturated heterocycles. The second kappa shape index (κ2) is 6.43. The van der Waals surface area contributed by atoms with Crippen molar-refractivity contribution < 1.29 is 4.79 Å². The van der Waals surface area contributed by atoms with Crippen LogP contribution in [-0.2, 0) is 17.8 Å². The average Bonchev–Trinajstić information content (AvgIpc) is 2.97. The van der Waals surface area contributed by atoms with E-state index < -0.39 is 0 Å². The predicted molar refractivity (Wildman–Crippen MR) is 88.8 cm³/mol. The fourth-order valence-corrected chi connectivity index (χ4v) is 2.46. The SMILES string of the molecule is CCc1ccc(NC(=O)CCn2cnc3ccccc32)cc1. The number of amides is 1. The molecule has 0 radical (unpaired) electrons. The minimum Gasteiger partial charge on any atom is -0.330 e. The first kappa shape index (κ1) is 14.3. The van der Waals surface area contributed by atoms with Gasteiger partial charge in [0, 0.05) is 18.7 Å². The molecule has 1 amide bonds. The number of anilines is 1. The van der Waals surface area contributed by atoms with Gasteiger partial charge < -0.3 is 9.88 Å². The highest BCUT2D eigenvalue weighted by Crippen LogP contribution is 2.13. The molecule has 0 spiro atoms. The van der Waals surface area contributed by atoms with E-state index in [0.29, 0.717) is 13.0 Å². The summed E-state index contributed by atoms with van der Waals surface area (Å²) in [5.74, 6) is 0.0158. The molecule has 1 N–H and O–H groups in total. The van der Waals surface area contributed by atoms with Crippen LogP contribution < -0.4 is 5.32 Å². The zero-order valence-corrected chi connectivity index (χ0v) is 12.6. The molecule has 1 aromatic heterocycles. The van der Waals surface area contributed by atoms with Crippen molar-refractivity contribution in [1.82, 2.24) is 9.55 Å². The van der Waals surface area contributed by atoms with Crippen LogP contribution in [0.25, 0.3) is 11.0 Å². The fourth-order valence-electron chi connectivity index (χ4n) is 2.46. The number of para-hydroxylation sites is 2. The molecule has 0 unspecified atom stereocenters. The molecule has 3 rings (SSSR count). The normalized spacial score (nSPS) is 10.8. The van der Waals surface area contributed by atoms with Crippen molar-refractivity contribution in [2.45, 2.75) is 26.3 Å². The van der Waals surface area contributed by atoms with E-state index in [1.165, 1.54) is 5.56 Å². The Morgan fingerprint density at radius 3 is 2.68 bits per heavy atom. The molecule has 0 saturated carbocycles. The van der Waals surface area contributed by atoms with Crippen molar-refractivity contribution in [3.8, 4) is 0 Å². The number of carbonyl (C=O) groups is 1. The molecule has 0 aliphatic carbocycles. The van der Waals surface area contributed by atoms with Crippen LogP contribution in [-0.4, -0.2) is 15.5 Å². The van der Waals surface area contributed by atoms with Crippen LogP contribution in [0.5, 0.6) is 0 Å². The third kappa shape index (κ3) is 3.17. The monoisotopic (exact) mass is 293 g/mol. The van der Waals surface area contributed by atoms with Gasteiger partial charge in [0.2, 0.25) is 5.91 Å². The smallest absolute Gasteiger partial charge is 0.226 e. The molecule has 0 atom stereocenters. The highest BCUT2D eigenvalue weighted by molar-refractivity contribution is 5.90. The molecule has 0 bridgehead atoms. The standard InChI is InChI=1S/C18H19N3O/c1-2-14-7-9-15(10-8-14)20-18(22)11-12-21-13-19-16-5-3-4-6-17(16)21/h3-10,13H,2,11-12H2,1H3,(H,20,22). The molecule has 2 aromatic carbocycles. The van der Waals surface area contributed by atoms with E-state index in [-0.39, 0.29) is 5.91 Å². The third-order valence-corrected chi connectivity index (χ3v) is 3.75. The number of imidazole rings is 1. The first-order valence-electron chi connectivity index (χ1n) is 7.55. The van der Waals surface area contributed by atoms with E-state index in [9.17, 15) is 4.79 Å². The molecule has 0 aliphatic rings. The number of fused-ring (bicyclic) bond motifs is 1. The lowest BCUT2D eigenvalue weighted by molar-refractivity contribution is -0.116. The van der Waals surface area contributed by atoms with Gasteiger partial charge >= 0.3 is 0 Å². The summed E-state index contributed by atoms with van der Waals surface area (Å²) >= 11 is 0. The van der Waals surface area contributed by atoms with Gasteiger partial charge in [-0.05, 0) is 36.2 Å². The Balaban J connectivity index is 1.60. The number of aromatic nitrogens is 2. The molecule has 22 heavy (non-hydrogen) atoms. The number of benzene rings is 2. The number of hydrogen-bond acceptors (Lipinski definition) is 2. The molecule has 3 aromatic rings. The van der Waals surface area contributed by atoms with Crippen molar-refractivity contribution in [2.75, 3.05) is 5.32 Å². The molecular weight excluding hydrogens is 274 g/mol. The molecule has 1 heterocycles. The van der Waals surface area contributed by atoms with Crippen LogP contribution in [0.1, 0.15) is 18.9 Å². The van der Waals surface area contributed by atoms with Gasteiger partial charge in [0.1, 0.15) is 0 Å². The average molecular weight is 293 g/mol. The quantitative estimate of drug-likeness (QED) is 0.781. The van der Waals surface area contributed by atoms with Crippen LogP contribution in [0.15, 0.2) is 54.9 Å². The summed E-state index contributed by atoms with van der Waals surface area (Å²) in [6.07, 6.45) is 3.21. The van der Waals surface area contributed by atoms with Crippen molar-refractivity contribution in [2.24, 2.45) is 0 Å². The van der Waals surface area contributed by atoms with Gasteiger partial charge in [-0.25, -0.2) is 4.98 Å². The Labute approximate surface area is 129 Å². The Morgan fingerprint density at radius 1 is 1.14 bits per heavy atom. The second-order valence-corrected chi connectivity index (χ2v) is 5.28. The van der Waals surface area contributed by atoms with E-state index in [1.807, 2.05) is 53.1 Å². The molecule has 4 heteroatoms. The maximum atomic E-state index is 12.1. The summed E-state index contributed by atoms with van der Waals surface area (Å²) in [6, 6.07) is 15.9. The number of hydrogen-bond donors (Lipinski definition) is 1.